The summed E-state index contributed by atoms with van der Waals surface area (Å²) < 4.78 is 5.74. The first-order valence-electron chi connectivity index (χ1n) is 8.35. The number of fused-ring (bicyclic) bond motifs is 1. The average Bonchev–Trinajstić information content (AvgIpc) is 2.68. The number of halogens is 1. The van der Waals surface area contributed by atoms with Crippen LogP contribution in [0, 0.1) is 10.1 Å². The van der Waals surface area contributed by atoms with E-state index in [1.165, 1.54) is 19.1 Å². The molecule has 3 rings (SSSR count). The largest absolute Gasteiger partial charge is 0.479 e. The minimum Gasteiger partial charge on any atom is -0.479 e. The summed E-state index contributed by atoms with van der Waals surface area (Å²) >= 11 is 5.91. The van der Waals surface area contributed by atoms with E-state index in [4.69, 9.17) is 21.4 Å². The number of nitrogens with one attached hydrogen (secondary N) is 1. The van der Waals surface area contributed by atoms with Crippen molar-refractivity contribution < 1.29 is 19.6 Å². The number of nitro groups is 1. The van der Waals surface area contributed by atoms with Crippen molar-refractivity contribution in [3.63, 3.8) is 0 Å². The van der Waals surface area contributed by atoms with Gasteiger partial charge in [0.1, 0.15) is 0 Å². The van der Waals surface area contributed by atoms with Crippen LogP contribution in [0.5, 0.6) is 5.75 Å². The molecule has 0 aliphatic heterocycles. The van der Waals surface area contributed by atoms with Gasteiger partial charge in [0.2, 0.25) is 5.75 Å². The summed E-state index contributed by atoms with van der Waals surface area (Å²) in [7, 11) is 0. The molecule has 12 heteroatoms. The standard InChI is InChI=1S/C18H13ClN4O7/c1-9(17(25)26)30-15-10(6-11(19)7-14(15)23(28)29)8-20-22-16(24)12-4-2-3-5-13(12)21-18(22)27/h2-9H,1H3,(H,21,27)(H,25,26)/t9-/m0/s1. The smallest absolute Gasteiger partial charge is 0.349 e. The fourth-order valence-corrected chi connectivity index (χ4v) is 2.79. The first-order valence-corrected chi connectivity index (χ1v) is 8.72. The number of para-hydroxylation sites is 1. The van der Waals surface area contributed by atoms with Crippen molar-refractivity contribution in [1.82, 2.24) is 9.66 Å². The summed E-state index contributed by atoms with van der Waals surface area (Å²) in [5, 5.41) is 24.4. The Morgan fingerprint density at radius 3 is 2.73 bits per heavy atom. The van der Waals surface area contributed by atoms with Gasteiger partial charge < -0.3 is 14.8 Å². The number of nitro benzene ring substituents is 1. The third-order valence-electron chi connectivity index (χ3n) is 4.00. The highest BCUT2D eigenvalue weighted by Crippen LogP contribution is 2.34. The number of aliphatic carboxylic acids is 1. The predicted octanol–water partition coefficient (Wildman–Crippen LogP) is 1.99. The van der Waals surface area contributed by atoms with Crippen LogP contribution in [0.15, 0.2) is 51.1 Å². The average molecular weight is 433 g/mol. The number of carboxylic acid groups (broad SMARTS) is 1. The van der Waals surface area contributed by atoms with Crippen molar-refractivity contribution in [3.8, 4) is 5.75 Å². The minimum absolute atomic E-state index is 0.0572. The molecule has 0 amide bonds. The van der Waals surface area contributed by atoms with Crippen molar-refractivity contribution in [2.45, 2.75) is 13.0 Å². The molecule has 0 aliphatic rings. The molecule has 30 heavy (non-hydrogen) atoms. The zero-order valence-corrected chi connectivity index (χ0v) is 16.0. The Balaban J connectivity index is 2.17. The fourth-order valence-electron chi connectivity index (χ4n) is 2.56. The minimum atomic E-state index is -1.43. The maximum atomic E-state index is 12.6. The zero-order chi connectivity index (χ0) is 22.0. The van der Waals surface area contributed by atoms with Crippen LogP contribution in [-0.4, -0.2) is 38.0 Å². The SMILES string of the molecule is C[C@H](Oc1c(C=Nn2c(=O)[nH]c3ccccc3c2=O)cc(Cl)cc1[N+](=O)[O-])C(=O)O. The van der Waals surface area contributed by atoms with Gasteiger partial charge in [-0.05, 0) is 25.1 Å². The second-order valence-corrected chi connectivity index (χ2v) is 6.47. The third-order valence-corrected chi connectivity index (χ3v) is 4.22. The summed E-state index contributed by atoms with van der Waals surface area (Å²) in [6, 6.07) is 8.50. The molecule has 0 bridgehead atoms. The molecule has 0 radical (unpaired) electrons. The van der Waals surface area contributed by atoms with Gasteiger partial charge in [0.05, 0.1) is 22.0 Å². The molecule has 0 unspecified atom stereocenters. The van der Waals surface area contributed by atoms with Crippen molar-refractivity contribution in [1.29, 1.82) is 0 Å². The first kappa shape index (κ1) is 20.7. The summed E-state index contributed by atoms with van der Waals surface area (Å²) in [6.45, 7) is 1.18. The van der Waals surface area contributed by atoms with Gasteiger partial charge in [-0.3, -0.25) is 14.9 Å². The Bertz CT molecular complexity index is 1310. The number of rotatable bonds is 6. The number of hydrogen-bond donors (Lipinski definition) is 2. The fraction of sp³-hybridized carbons (Fsp3) is 0.111. The van der Waals surface area contributed by atoms with Gasteiger partial charge >= 0.3 is 17.3 Å². The molecule has 0 fully saturated rings. The highest BCUT2D eigenvalue weighted by atomic mass is 35.5. The van der Waals surface area contributed by atoms with Crippen molar-refractivity contribution in [2.75, 3.05) is 0 Å². The van der Waals surface area contributed by atoms with Gasteiger partial charge in [0, 0.05) is 16.7 Å². The Kier molecular flexibility index (Phi) is 5.65. The lowest BCUT2D eigenvalue weighted by atomic mass is 10.2. The number of carbonyl (C=O) groups is 1. The number of carboxylic acids is 1. The molecule has 2 N–H and O–H groups in total. The van der Waals surface area contributed by atoms with E-state index in [0.717, 1.165) is 12.3 Å². The Morgan fingerprint density at radius 2 is 2.07 bits per heavy atom. The Labute approximate surface area is 171 Å². The maximum absolute atomic E-state index is 12.6. The first-order chi connectivity index (χ1) is 14.2. The number of aromatic amines is 1. The van der Waals surface area contributed by atoms with Crippen LogP contribution < -0.4 is 16.0 Å². The van der Waals surface area contributed by atoms with Crippen LogP contribution in [-0.2, 0) is 4.79 Å². The van der Waals surface area contributed by atoms with Crippen LogP contribution in [0.25, 0.3) is 10.9 Å². The van der Waals surface area contributed by atoms with E-state index < -0.39 is 39.7 Å². The highest BCUT2D eigenvalue weighted by molar-refractivity contribution is 6.31. The molecule has 0 saturated heterocycles. The van der Waals surface area contributed by atoms with Gasteiger partial charge in [-0.15, -0.1) is 4.68 Å². The lowest BCUT2D eigenvalue weighted by molar-refractivity contribution is -0.386. The van der Waals surface area contributed by atoms with E-state index in [9.17, 15) is 24.5 Å². The Hall–Kier alpha value is -3.99. The van der Waals surface area contributed by atoms with Gasteiger partial charge in [0.15, 0.2) is 6.10 Å². The van der Waals surface area contributed by atoms with Gasteiger partial charge in [-0.25, -0.2) is 9.59 Å². The molecule has 11 nitrogen and oxygen atoms in total. The predicted molar refractivity (Wildman–Crippen MR) is 108 cm³/mol. The van der Waals surface area contributed by atoms with Crippen LogP contribution in [0.4, 0.5) is 5.69 Å². The quantitative estimate of drug-likeness (QED) is 0.342. The van der Waals surface area contributed by atoms with Gasteiger partial charge in [0.25, 0.3) is 5.56 Å². The second-order valence-electron chi connectivity index (χ2n) is 6.04. The molecule has 3 aromatic rings. The van der Waals surface area contributed by atoms with E-state index in [0.29, 0.717) is 10.2 Å². The third kappa shape index (κ3) is 4.05. The van der Waals surface area contributed by atoms with E-state index in [2.05, 4.69) is 10.1 Å². The highest BCUT2D eigenvalue weighted by Gasteiger charge is 2.25. The molecule has 0 aliphatic carbocycles. The molecule has 154 valence electrons. The molecule has 1 atom stereocenters. The van der Waals surface area contributed by atoms with Gasteiger partial charge in [-0.2, -0.15) is 5.10 Å². The van der Waals surface area contributed by atoms with Crippen LogP contribution in [0.2, 0.25) is 5.02 Å². The molecule has 2 aromatic carbocycles. The Morgan fingerprint density at radius 1 is 1.37 bits per heavy atom. The lowest BCUT2D eigenvalue weighted by Crippen LogP contribution is -2.32. The van der Waals surface area contributed by atoms with Crippen molar-refractivity contribution in [3.05, 3.63) is 77.9 Å². The molecule has 1 aromatic heterocycles. The number of hydrogen-bond acceptors (Lipinski definition) is 7. The summed E-state index contributed by atoms with van der Waals surface area (Å²) in [5.41, 5.74) is -1.94. The van der Waals surface area contributed by atoms with E-state index in [1.54, 1.807) is 18.2 Å². The van der Waals surface area contributed by atoms with E-state index >= 15 is 0 Å². The number of benzene rings is 2. The zero-order valence-electron chi connectivity index (χ0n) is 15.2. The monoisotopic (exact) mass is 432 g/mol. The van der Waals surface area contributed by atoms with Crippen molar-refractivity contribution in [2.24, 2.45) is 5.10 Å². The molecular weight excluding hydrogens is 420 g/mol. The number of nitrogens with zero attached hydrogens (tertiary/aromatic N) is 3. The topological polar surface area (TPSA) is 157 Å². The number of H-pyrrole nitrogens is 1. The maximum Gasteiger partial charge on any atom is 0.349 e. The molecule has 0 saturated carbocycles. The van der Waals surface area contributed by atoms with Crippen molar-refractivity contribution >= 4 is 40.4 Å². The number of ether oxygens (including phenoxy) is 1. The van der Waals surface area contributed by atoms with Crippen LogP contribution in [0.3, 0.4) is 0 Å². The van der Waals surface area contributed by atoms with E-state index in [-0.39, 0.29) is 16.0 Å². The van der Waals surface area contributed by atoms with Gasteiger partial charge in [-0.1, -0.05) is 23.7 Å². The van der Waals surface area contributed by atoms with E-state index in [1.807, 2.05) is 0 Å². The normalized spacial score (nSPS) is 12.2. The summed E-state index contributed by atoms with van der Waals surface area (Å²) in [4.78, 5) is 48.9. The molecule has 0 spiro atoms. The summed E-state index contributed by atoms with van der Waals surface area (Å²) in [5.74, 6) is -1.78. The van der Waals surface area contributed by atoms with Crippen LogP contribution in [0.1, 0.15) is 12.5 Å². The number of aromatic nitrogens is 2. The summed E-state index contributed by atoms with van der Waals surface area (Å²) in [6.07, 6.45) is -0.474. The molecule has 1 heterocycles. The van der Waals surface area contributed by atoms with Crippen LogP contribution >= 0.6 is 11.6 Å². The lowest BCUT2D eigenvalue weighted by Gasteiger charge is -2.13. The second kappa shape index (κ2) is 8.17. The molecular formula is C18H13ClN4O7.